The fourth-order valence-electron chi connectivity index (χ4n) is 1.36. The van der Waals surface area contributed by atoms with E-state index in [1.807, 2.05) is 0 Å². The van der Waals surface area contributed by atoms with E-state index in [9.17, 15) is 9.36 Å². The Hall–Kier alpha value is -1.28. The number of hydrogen-bond donors (Lipinski definition) is 1. The summed E-state index contributed by atoms with van der Waals surface area (Å²) in [7, 11) is -3.19. The van der Waals surface area contributed by atoms with Crippen LogP contribution in [0.5, 0.6) is 0 Å². The van der Waals surface area contributed by atoms with Crippen LogP contribution >= 0.6 is 7.60 Å². The number of carbonyl (C=O) groups is 1. The first kappa shape index (κ1) is 16.8. The van der Waals surface area contributed by atoms with Gasteiger partial charge in [-0.05, 0) is 13.8 Å². The van der Waals surface area contributed by atoms with Crippen LogP contribution in [0, 0.1) is 0 Å². The Balaban J connectivity index is 2.36. The number of hydrogen-bond acceptors (Lipinski definition) is 7. The fraction of sp³-hybridized carbons (Fsp3) is 0.700. The molecule has 2 N–H and O–H groups in total. The first-order chi connectivity index (χ1) is 9.50. The van der Waals surface area contributed by atoms with E-state index in [0.717, 1.165) is 0 Å². The molecule has 1 aromatic heterocycles. The molecule has 1 aromatic rings. The minimum absolute atomic E-state index is 0.0827. The predicted octanol–water partition coefficient (Wildman–Crippen LogP) is 0.617. The van der Waals surface area contributed by atoms with Crippen LogP contribution < -0.4 is 5.73 Å². The van der Waals surface area contributed by atoms with Crippen LogP contribution in [0.4, 0.5) is 0 Å². The number of rotatable bonds is 10. The maximum Gasteiger partial charge on any atom is 0.356 e. The molecule has 20 heavy (non-hydrogen) atoms. The van der Waals surface area contributed by atoms with Crippen molar-refractivity contribution in [2.75, 3.05) is 26.2 Å². The summed E-state index contributed by atoms with van der Waals surface area (Å²) in [5, 5.41) is 7.28. The number of carbonyl (C=O) groups excluding carboxylic acids is 1. The lowest BCUT2D eigenvalue weighted by Crippen LogP contribution is -2.11. The number of amides is 1. The second-order valence-electron chi connectivity index (χ2n) is 3.71. The van der Waals surface area contributed by atoms with E-state index in [1.165, 1.54) is 10.9 Å². The SMILES string of the molecule is CCOP(=O)(COCCn1cc(C(N)=O)nn1)OCC. The molecule has 0 fully saturated rings. The number of ether oxygens (including phenoxy) is 1. The Bertz CT molecular complexity index is 468. The zero-order valence-corrected chi connectivity index (χ0v) is 12.4. The van der Waals surface area contributed by atoms with Gasteiger partial charge in [-0.3, -0.25) is 9.36 Å². The summed E-state index contributed by atoms with van der Waals surface area (Å²) < 4.78 is 28.9. The van der Waals surface area contributed by atoms with E-state index >= 15 is 0 Å². The Morgan fingerprint density at radius 2 is 2.05 bits per heavy atom. The van der Waals surface area contributed by atoms with Crippen molar-refractivity contribution in [2.45, 2.75) is 20.4 Å². The monoisotopic (exact) mass is 306 g/mol. The summed E-state index contributed by atoms with van der Waals surface area (Å²) in [5.41, 5.74) is 5.13. The van der Waals surface area contributed by atoms with Crippen LogP contribution in [0.2, 0.25) is 0 Å². The molecular formula is C10H19N4O5P. The average molecular weight is 306 g/mol. The van der Waals surface area contributed by atoms with E-state index in [-0.39, 0.29) is 31.9 Å². The van der Waals surface area contributed by atoms with Gasteiger partial charge >= 0.3 is 7.60 Å². The maximum atomic E-state index is 12.1. The molecule has 1 heterocycles. The Morgan fingerprint density at radius 3 is 2.55 bits per heavy atom. The highest BCUT2D eigenvalue weighted by atomic mass is 31.2. The van der Waals surface area contributed by atoms with Gasteiger partial charge in [0.1, 0.15) is 6.35 Å². The number of primary amides is 1. The molecule has 1 rings (SSSR count). The molecule has 0 saturated carbocycles. The van der Waals surface area contributed by atoms with Crippen molar-refractivity contribution in [1.29, 1.82) is 0 Å². The number of nitrogens with zero attached hydrogens (tertiary/aromatic N) is 3. The van der Waals surface area contributed by atoms with Crippen LogP contribution in [0.25, 0.3) is 0 Å². The van der Waals surface area contributed by atoms with Gasteiger partial charge in [0.05, 0.1) is 32.6 Å². The van der Waals surface area contributed by atoms with Crippen molar-refractivity contribution in [1.82, 2.24) is 15.0 Å². The van der Waals surface area contributed by atoms with E-state index < -0.39 is 13.5 Å². The molecule has 0 aliphatic carbocycles. The van der Waals surface area contributed by atoms with Crippen LogP contribution in [0.15, 0.2) is 6.20 Å². The van der Waals surface area contributed by atoms with E-state index in [1.54, 1.807) is 13.8 Å². The summed E-state index contributed by atoms with van der Waals surface area (Å²) in [6.07, 6.45) is 1.28. The second kappa shape index (κ2) is 8.11. The summed E-state index contributed by atoms with van der Waals surface area (Å²) in [6, 6.07) is 0. The lowest BCUT2D eigenvalue weighted by Gasteiger charge is -2.16. The maximum absolute atomic E-state index is 12.1. The molecule has 10 heteroatoms. The van der Waals surface area contributed by atoms with Crippen molar-refractivity contribution in [3.05, 3.63) is 11.9 Å². The van der Waals surface area contributed by atoms with Gasteiger partial charge in [0.15, 0.2) is 5.69 Å². The van der Waals surface area contributed by atoms with Crippen molar-refractivity contribution in [3.8, 4) is 0 Å². The third-order valence-electron chi connectivity index (χ3n) is 2.16. The minimum atomic E-state index is -3.19. The van der Waals surface area contributed by atoms with Gasteiger partial charge in [0.2, 0.25) is 0 Å². The Kier molecular flexibility index (Phi) is 6.80. The first-order valence-corrected chi connectivity index (χ1v) is 7.89. The van der Waals surface area contributed by atoms with Crippen molar-refractivity contribution in [3.63, 3.8) is 0 Å². The molecule has 0 atom stereocenters. The molecule has 114 valence electrons. The third kappa shape index (κ3) is 5.38. The molecule has 0 spiro atoms. The Morgan fingerprint density at radius 1 is 1.40 bits per heavy atom. The normalized spacial score (nSPS) is 11.7. The molecule has 0 unspecified atom stereocenters. The fourth-order valence-corrected chi connectivity index (χ4v) is 2.72. The van der Waals surface area contributed by atoms with E-state index in [4.69, 9.17) is 19.5 Å². The zero-order valence-electron chi connectivity index (χ0n) is 11.5. The summed E-state index contributed by atoms with van der Waals surface area (Å²) in [4.78, 5) is 10.8. The topological polar surface area (TPSA) is 119 Å². The predicted molar refractivity (Wildman–Crippen MR) is 70.2 cm³/mol. The highest BCUT2D eigenvalue weighted by Gasteiger charge is 2.23. The van der Waals surface area contributed by atoms with E-state index in [2.05, 4.69) is 10.3 Å². The summed E-state index contributed by atoms with van der Waals surface area (Å²) in [6.45, 7) is 4.60. The van der Waals surface area contributed by atoms with Crippen molar-refractivity contribution in [2.24, 2.45) is 5.73 Å². The molecule has 9 nitrogen and oxygen atoms in total. The van der Waals surface area contributed by atoms with Gasteiger partial charge in [-0.25, -0.2) is 4.68 Å². The summed E-state index contributed by atoms with van der Waals surface area (Å²) in [5.74, 6) is -0.644. The molecular weight excluding hydrogens is 287 g/mol. The number of aromatic nitrogens is 3. The average Bonchev–Trinajstić information content (AvgIpc) is 2.84. The Labute approximate surface area is 116 Å². The molecule has 0 aliphatic heterocycles. The van der Waals surface area contributed by atoms with Crippen LogP contribution in [0.1, 0.15) is 24.3 Å². The molecule has 1 amide bonds. The van der Waals surface area contributed by atoms with Crippen LogP contribution in [-0.2, 0) is 24.9 Å². The second-order valence-corrected chi connectivity index (χ2v) is 5.71. The lowest BCUT2D eigenvalue weighted by molar-refractivity contribution is 0.0995. The minimum Gasteiger partial charge on any atom is -0.367 e. The van der Waals surface area contributed by atoms with Gasteiger partial charge in [-0.2, -0.15) is 0 Å². The molecule has 0 radical (unpaired) electrons. The van der Waals surface area contributed by atoms with Gasteiger partial charge in [-0.15, -0.1) is 5.10 Å². The largest absolute Gasteiger partial charge is 0.367 e. The smallest absolute Gasteiger partial charge is 0.356 e. The van der Waals surface area contributed by atoms with Crippen molar-refractivity contribution < 1.29 is 23.1 Å². The van der Waals surface area contributed by atoms with Gasteiger partial charge in [0, 0.05) is 0 Å². The molecule has 0 aromatic carbocycles. The first-order valence-electron chi connectivity index (χ1n) is 6.16. The quantitative estimate of drug-likeness (QED) is 0.497. The highest BCUT2D eigenvalue weighted by Crippen LogP contribution is 2.47. The van der Waals surface area contributed by atoms with Crippen molar-refractivity contribution >= 4 is 13.5 Å². The number of nitrogens with two attached hydrogens (primary N) is 1. The third-order valence-corrected chi connectivity index (χ3v) is 3.96. The van der Waals surface area contributed by atoms with Gasteiger partial charge in [-0.1, -0.05) is 5.21 Å². The summed E-state index contributed by atoms with van der Waals surface area (Å²) >= 11 is 0. The van der Waals surface area contributed by atoms with Gasteiger partial charge in [0.25, 0.3) is 5.91 Å². The zero-order chi connectivity index (χ0) is 15.0. The highest BCUT2D eigenvalue weighted by molar-refractivity contribution is 7.53. The van der Waals surface area contributed by atoms with Gasteiger partial charge < -0.3 is 19.5 Å². The van der Waals surface area contributed by atoms with Crippen LogP contribution in [-0.4, -0.2) is 47.1 Å². The van der Waals surface area contributed by atoms with Crippen LogP contribution in [0.3, 0.4) is 0 Å². The van der Waals surface area contributed by atoms with E-state index in [0.29, 0.717) is 6.54 Å². The molecule has 0 aliphatic rings. The standard InChI is InChI=1S/C10H19N4O5P/c1-3-18-20(16,19-4-2)8-17-6-5-14-7-9(10(11)15)12-13-14/h7H,3-6,8H2,1-2H3,(H2,11,15). The molecule has 0 saturated heterocycles. The lowest BCUT2D eigenvalue weighted by atomic mass is 10.5. The molecule has 0 bridgehead atoms.